The highest BCUT2D eigenvalue weighted by atomic mass is 35.5. The molecule has 2 aromatic rings. The molecule has 0 fully saturated rings. The van der Waals surface area contributed by atoms with E-state index in [1.54, 1.807) is 13.3 Å². The number of anilines is 2. The number of hydrogen-bond donors (Lipinski definition) is 2. The Labute approximate surface area is 150 Å². The maximum Gasteiger partial charge on any atom is 0.263 e. The average Bonchev–Trinajstić information content (AvgIpc) is 3.00. The van der Waals surface area contributed by atoms with Crippen LogP contribution < -0.4 is 20.9 Å². The summed E-state index contributed by atoms with van der Waals surface area (Å²) in [6.45, 7) is 1.37. The Hall–Kier alpha value is -2.19. The zero-order valence-electron chi connectivity index (χ0n) is 13.2. The molecule has 1 aromatic heterocycles. The maximum atomic E-state index is 5.86. The summed E-state index contributed by atoms with van der Waals surface area (Å²) >= 11 is 11.7. The van der Waals surface area contributed by atoms with E-state index in [0.717, 1.165) is 17.0 Å². The fraction of sp³-hybridized carbons (Fsp3) is 0.357. The SMILES string of the molecule is COc1cc(/C=N/Nc2nncn2N)ccc1N(CCCl)CCCl. The molecule has 0 bridgehead atoms. The van der Waals surface area contributed by atoms with Crippen LogP contribution in [-0.4, -0.2) is 53.0 Å². The number of benzene rings is 1. The molecule has 0 aliphatic heterocycles. The lowest BCUT2D eigenvalue weighted by Gasteiger charge is -2.25. The summed E-state index contributed by atoms with van der Waals surface area (Å²) in [5.74, 6) is 7.65. The smallest absolute Gasteiger partial charge is 0.263 e. The summed E-state index contributed by atoms with van der Waals surface area (Å²) in [7, 11) is 1.62. The van der Waals surface area contributed by atoms with E-state index >= 15 is 0 Å². The number of alkyl halides is 2. The van der Waals surface area contributed by atoms with E-state index in [2.05, 4.69) is 25.6 Å². The van der Waals surface area contributed by atoms with E-state index in [4.69, 9.17) is 33.8 Å². The van der Waals surface area contributed by atoms with Crippen molar-refractivity contribution in [3.05, 3.63) is 30.1 Å². The lowest BCUT2D eigenvalue weighted by molar-refractivity contribution is 0.414. The molecule has 130 valence electrons. The number of hydrazone groups is 1. The Morgan fingerprint density at radius 3 is 2.71 bits per heavy atom. The number of aromatic nitrogens is 3. The summed E-state index contributed by atoms with van der Waals surface area (Å²) in [6.07, 6.45) is 3.01. The molecule has 0 amide bonds. The average molecular weight is 372 g/mol. The van der Waals surface area contributed by atoms with Gasteiger partial charge in [0.2, 0.25) is 0 Å². The number of nitrogens with two attached hydrogens (primary N) is 1. The molecule has 1 aromatic carbocycles. The minimum atomic E-state index is 0.338. The first-order valence-corrected chi connectivity index (χ1v) is 8.25. The van der Waals surface area contributed by atoms with Crippen LogP contribution in [0.1, 0.15) is 5.56 Å². The van der Waals surface area contributed by atoms with Crippen molar-refractivity contribution < 1.29 is 4.74 Å². The van der Waals surface area contributed by atoms with Crippen LogP contribution in [0.15, 0.2) is 29.6 Å². The van der Waals surface area contributed by atoms with Crippen molar-refractivity contribution in [1.82, 2.24) is 14.9 Å². The molecule has 10 heteroatoms. The quantitative estimate of drug-likeness (QED) is 0.301. The number of nitrogens with zero attached hydrogens (tertiary/aromatic N) is 5. The van der Waals surface area contributed by atoms with E-state index in [9.17, 15) is 0 Å². The number of hydrogen-bond acceptors (Lipinski definition) is 7. The van der Waals surface area contributed by atoms with E-state index in [-0.39, 0.29) is 0 Å². The molecular weight excluding hydrogens is 353 g/mol. The highest BCUT2D eigenvalue weighted by Crippen LogP contribution is 2.29. The van der Waals surface area contributed by atoms with Gasteiger partial charge >= 0.3 is 0 Å². The van der Waals surface area contributed by atoms with Crippen molar-refractivity contribution in [3.63, 3.8) is 0 Å². The fourth-order valence-electron chi connectivity index (χ4n) is 2.08. The number of halogens is 2. The van der Waals surface area contributed by atoms with Gasteiger partial charge in [0.1, 0.15) is 12.1 Å². The molecule has 0 aliphatic rings. The topological polar surface area (TPSA) is 93.6 Å². The van der Waals surface area contributed by atoms with Crippen molar-refractivity contribution >= 4 is 41.1 Å². The second-order valence-electron chi connectivity index (χ2n) is 4.73. The van der Waals surface area contributed by atoms with Crippen LogP contribution in [0.2, 0.25) is 0 Å². The zero-order chi connectivity index (χ0) is 17.4. The number of ether oxygens (including phenoxy) is 1. The molecule has 2 rings (SSSR count). The summed E-state index contributed by atoms with van der Waals surface area (Å²) in [5, 5.41) is 11.5. The van der Waals surface area contributed by atoms with Crippen LogP contribution in [-0.2, 0) is 0 Å². The molecule has 0 saturated carbocycles. The number of rotatable bonds is 9. The number of methoxy groups -OCH3 is 1. The second-order valence-corrected chi connectivity index (χ2v) is 5.48. The minimum Gasteiger partial charge on any atom is -0.495 e. The van der Waals surface area contributed by atoms with Crippen LogP contribution >= 0.6 is 23.2 Å². The summed E-state index contributed by atoms with van der Waals surface area (Å²) in [4.78, 5) is 2.08. The van der Waals surface area contributed by atoms with E-state index in [1.807, 2.05) is 18.2 Å². The molecule has 24 heavy (non-hydrogen) atoms. The van der Waals surface area contributed by atoms with Crippen LogP contribution in [0.5, 0.6) is 5.75 Å². The highest BCUT2D eigenvalue weighted by Gasteiger charge is 2.11. The monoisotopic (exact) mass is 371 g/mol. The number of nitrogen functional groups attached to an aromatic ring is 1. The third-order valence-corrected chi connectivity index (χ3v) is 3.54. The van der Waals surface area contributed by atoms with Gasteiger partial charge in [-0.2, -0.15) is 5.10 Å². The lowest BCUT2D eigenvalue weighted by Crippen LogP contribution is -2.28. The summed E-state index contributed by atoms with van der Waals surface area (Å²) in [6, 6.07) is 5.75. The maximum absolute atomic E-state index is 5.86. The Kier molecular flexibility index (Phi) is 6.95. The van der Waals surface area contributed by atoms with Gasteiger partial charge < -0.3 is 15.5 Å². The van der Waals surface area contributed by atoms with Gasteiger partial charge in [0, 0.05) is 24.8 Å². The van der Waals surface area contributed by atoms with Gasteiger partial charge in [-0.15, -0.1) is 33.4 Å². The van der Waals surface area contributed by atoms with Crippen molar-refractivity contribution in [2.45, 2.75) is 0 Å². The molecule has 0 spiro atoms. The summed E-state index contributed by atoms with van der Waals surface area (Å²) < 4.78 is 6.71. The Balaban J connectivity index is 2.14. The van der Waals surface area contributed by atoms with Gasteiger partial charge in [0.15, 0.2) is 0 Å². The molecule has 1 heterocycles. The highest BCUT2D eigenvalue weighted by molar-refractivity contribution is 6.18. The first-order chi connectivity index (χ1) is 11.7. The zero-order valence-corrected chi connectivity index (χ0v) is 14.7. The predicted molar refractivity (Wildman–Crippen MR) is 98.0 cm³/mol. The van der Waals surface area contributed by atoms with Gasteiger partial charge in [0.25, 0.3) is 5.95 Å². The molecule has 0 aliphatic carbocycles. The van der Waals surface area contributed by atoms with Crippen molar-refractivity contribution in [3.8, 4) is 5.75 Å². The van der Waals surface area contributed by atoms with Gasteiger partial charge in [-0.25, -0.2) is 10.1 Å². The van der Waals surface area contributed by atoms with Crippen LogP contribution in [0.4, 0.5) is 11.6 Å². The minimum absolute atomic E-state index is 0.338. The second kappa shape index (κ2) is 9.19. The normalized spacial score (nSPS) is 11.0. The Morgan fingerprint density at radius 1 is 1.38 bits per heavy atom. The van der Waals surface area contributed by atoms with Crippen molar-refractivity contribution in [1.29, 1.82) is 0 Å². The van der Waals surface area contributed by atoms with Crippen molar-refractivity contribution in [2.24, 2.45) is 5.10 Å². The lowest BCUT2D eigenvalue weighted by atomic mass is 10.2. The van der Waals surface area contributed by atoms with Gasteiger partial charge in [-0.1, -0.05) is 6.07 Å². The Bertz CT molecular complexity index is 671. The molecular formula is C14H19Cl2N7O. The molecule has 3 N–H and O–H groups in total. The molecule has 0 saturated heterocycles. The van der Waals surface area contributed by atoms with E-state index in [0.29, 0.717) is 30.8 Å². The molecule has 0 atom stereocenters. The fourth-order valence-corrected chi connectivity index (χ4v) is 2.49. The third kappa shape index (κ3) is 4.65. The van der Waals surface area contributed by atoms with Gasteiger partial charge in [-0.3, -0.25) is 0 Å². The predicted octanol–water partition coefficient (Wildman–Crippen LogP) is 1.73. The molecule has 0 unspecified atom stereocenters. The van der Waals surface area contributed by atoms with Crippen molar-refractivity contribution in [2.75, 3.05) is 48.1 Å². The van der Waals surface area contributed by atoms with E-state index < -0.39 is 0 Å². The van der Waals surface area contributed by atoms with Crippen LogP contribution in [0, 0.1) is 0 Å². The van der Waals surface area contributed by atoms with Crippen LogP contribution in [0.3, 0.4) is 0 Å². The molecule has 0 radical (unpaired) electrons. The Morgan fingerprint density at radius 2 is 2.12 bits per heavy atom. The number of nitrogens with one attached hydrogen (secondary N) is 1. The largest absolute Gasteiger partial charge is 0.495 e. The van der Waals surface area contributed by atoms with Gasteiger partial charge in [0.05, 0.1) is 19.0 Å². The first-order valence-electron chi connectivity index (χ1n) is 7.18. The van der Waals surface area contributed by atoms with E-state index in [1.165, 1.54) is 11.0 Å². The van der Waals surface area contributed by atoms with Crippen LogP contribution in [0.25, 0.3) is 0 Å². The standard InChI is InChI=1S/C14H19Cl2N7O/c1-24-13-8-11(9-18-20-14-21-19-10-23(14)17)2-3-12(13)22(6-4-15)7-5-16/h2-3,8-10H,4-7,17H2,1H3,(H,20,21)/b18-9+. The van der Waals surface area contributed by atoms with Gasteiger partial charge in [-0.05, 0) is 17.7 Å². The summed E-state index contributed by atoms with van der Waals surface area (Å²) in [5.41, 5.74) is 4.49. The molecule has 8 nitrogen and oxygen atoms in total. The third-order valence-electron chi connectivity index (χ3n) is 3.20. The first kappa shape index (κ1) is 18.2.